The fourth-order valence-corrected chi connectivity index (χ4v) is 5.23. The van der Waals surface area contributed by atoms with Gasteiger partial charge in [0, 0.05) is 24.5 Å². The molecule has 3 aromatic rings. The Morgan fingerprint density at radius 2 is 1.52 bits per heavy atom. The van der Waals surface area contributed by atoms with Crippen molar-refractivity contribution in [3.05, 3.63) is 76.2 Å². The van der Waals surface area contributed by atoms with Gasteiger partial charge in [0.15, 0.2) is 0 Å². The van der Waals surface area contributed by atoms with Crippen LogP contribution in [-0.2, 0) is 12.8 Å². The molecule has 0 radical (unpaired) electrons. The maximum atomic E-state index is 13.0. The molecule has 0 spiro atoms. The standard InChI is InChI=1S/C25H27N3O2S/c1-28(2)27-24(30)22-20-11-7-4-8-12-21(20)31-25(22)26-23(29)19-15-13-18(14-16-19)17-9-5-3-6-10-17/h3,5-6,9-10,13-16H,4,7-8,11-12H2,1-2H3,(H,26,29)(H,27,30). The Kier molecular flexibility index (Phi) is 6.49. The molecule has 1 aromatic heterocycles. The van der Waals surface area contributed by atoms with Crippen molar-refractivity contribution in [2.45, 2.75) is 32.1 Å². The van der Waals surface area contributed by atoms with Crippen molar-refractivity contribution in [1.29, 1.82) is 0 Å². The highest BCUT2D eigenvalue weighted by Crippen LogP contribution is 2.37. The largest absolute Gasteiger partial charge is 0.313 e. The van der Waals surface area contributed by atoms with E-state index in [1.807, 2.05) is 54.6 Å². The van der Waals surface area contributed by atoms with Gasteiger partial charge in [-0.25, -0.2) is 5.01 Å². The summed E-state index contributed by atoms with van der Waals surface area (Å²) in [7, 11) is 3.57. The van der Waals surface area contributed by atoms with Crippen LogP contribution in [0.2, 0.25) is 0 Å². The summed E-state index contributed by atoms with van der Waals surface area (Å²) in [5, 5.41) is 5.30. The summed E-state index contributed by atoms with van der Waals surface area (Å²) in [4.78, 5) is 27.2. The minimum Gasteiger partial charge on any atom is -0.313 e. The quantitative estimate of drug-likeness (QED) is 0.432. The van der Waals surface area contributed by atoms with Gasteiger partial charge in [0.1, 0.15) is 5.00 Å². The predicted octanol–water partition coefficient (Wildman–Crippen LogP) is 5.14. The van der Waals surface area contributed by atoms with Gasteiger partial charge in [-0.05, 0) is 54.5 Å². The summed E-state index contributed by atoms with van der Waals surface area (Å²) in [6.45, 7) is 0. The van der Waals surface area contributed by atoms with Crippen molar-refractivity contribution >= 4 is 28.2 Å². The van der Waals surface area contributed by atoms with E-state index in [0.717, 1.165) is 42.4 Å². The Bertz CT molecular complexity index is 1070. The lowest BCUT2D eigenvalue weighted by Crippen LogP contribution is -2.36. The number of carbonyl (C=O) groups is 2. The van der Waals surface area contributed by atoms with Gasteiger partial charge in [-0.1, -0.05) is 48.9 Å². The lowest BCUT2D eigenvalue weighted by Gasteiger charge is -2.14. The molecule has 2 N–H and O–H groups in total. The average molecular weight is 434 g/mol. The number of aryl methyl sites for hydroxylation is 1. The average Bonchev–Trinajstić information content (AvgIpc) is 2.94. The summed E-state index contributed by atoms with van der Waals surface area (Å²) in [5.74, 6) is -0.367. The third-order valence-electron chi connectivity index (χ3n) is 5.45. The van der Waals surface area contributed by atoms with Crippen LogP contribution in [0.4, 0.5) is 5.00 Å². The van der Waals surface area contributed by atoms with Crippen LogP contribution in [0.25, 0.3) is 11.1 Å². The second-order valence-electron chi connectivity index (χ2n) is 8.00. The minimum atomic E-state index is -0.199. The molecule has 0 fully saturated rings. The Hall–Kier alpha value is -2.96. The summed E-state index contributed by atoms with van der Waals surface area (Å²) >= 11 is 1.54. The van der Waals surface area contributed by atoms with Crippen LogP contribution in [0.1, 0.15) is 50.4 Å². The number of hydrazine groups is 1. The molecule has 160 valence electrons. The molecule has 1 aliphatic carbocycles. The Morgan fingerprint density at radius 3 is 2.23 bits per heavy atom. The van der Waals surface area contributed by atoms with E-state index >= 15 is 0 Å². The van der Waals surface area contributed by atoms with Gasteiger partial charge >= 0.3 is 0 Å². The SMILES string of the molecule is CN(C)NC(=O)c1c(NC(=O)c2ccc(-c3ccccc3)cc2)sc2c1CCCCC2. The number of nitrogens with zero attached hydrogens (tertiary/aromatic N) is 1. The number of rotatable bonds is 5. The lowest BCUT2D eigenvalue weighted by atomic mass is 10.0. The van der Waals surface area contributed by atoms with E-state index in [1.165, 1.54) is 11.3 Å². The van der Waals surface area contributed by atoms with Crippen molar-refractivity contribution in [2.24, 2.45) is 0 Å². The minimum absolute atomic E-state index is 0.167. The monoisotopic (exact) mass is 433 g/mol. The third kappa shape index (κ3) is 4.86. The fraction of sp³-hybridized carbons (Fsp3) is 0.280. The number of benzene rings is 2. The zero-order chi connectivity index (χ0) is 21.8. The molecule has 0 saturated carbocycles. The first kappa shape index (κ1) is 21.3. The van der Waals surface area contributed by atoms with Gasteiger partial charge in [0.25, 0.3) is 11.8 Å². The van der Waals surface area contributed by atoms with Crippen LogP contribution in [0, 0.1) is 0 Å². The molecule has 0 bridgehead atoms. The van der Waals surface area contributed by atoms with Crippen molar-refractivity contribution in [3.8, 4) is 11.1 Å². The van der Waals surface area contributed by atoms with Gasteiger partial charge in [-0.15, -0.1) is 11.3 Å². The zero-order valence-electron chi connectivity index (χ0n) is 17.9. The van der Waals surface area contributed by atoms with Crippen molar-refractivity contribution in [3.63, 3.8) is 0 Å². The Morgan fingerprint density at radius 1 is 0.839 bits per heavy atom. The first-order valence-electron chi connectivity index (χ1n) is 10.6. The number of thiophene rings is 1. The van der Waals surface area contributed by atoms with Crippen LogP contribution in [0.5, 0.6) is 0 Å². The molecule has 0 aliphatic heterocycles. The van der Waals surface area contributed by atoms with E-state index in [0.29, 0.717) is 16.1 Å². The molecule has 1 aliphatic rings. The molecule has 5 nitrogen and oxygen atoms in total. The molecule has 2 amide bonds. The van der Waals surface area contributed by atoms with E-state index in [-0.39, 0.29) is 11.8 Å². The Balaban J connectivity index is 1.59. The molecule has 31 heavy (non-hydrogen) atoms. The van der Waals surface area contributed by atoms with E-state index in [9.17, 15) is 9.59 Å². The summed E-state index contributed by atoms with van der Waals surface area (Å²) in [6.07, 6.45) is 5.20. The van der Waals surface area contributed by atoms with Crippen LogP contribution >= 0.6 is 11.3 Å². The number of carbonyl (C=O) groups excluding carboxylic acids is 2. The molecule has 6 heteroatoms. The van der Waals surface area contributed by atoms with E-state index in [2.05, 4.69) is 10.7 Å². The number of hydrogen-bond acceptors (Lipinski definition) is 4. The molecule has 0 saturated heterocycles. The van der Waals surface area contributed by atoms with Crippen LogP contribution in [0.15, 0.2) is 54.6 Å². The highest BCUT2D eigenvalue weighted by atomic mass is 32.1. The van der Waals surface area contributed by atoms with Crippen molar-refractivity contribution < 1.29 is 9.59 Å². The highest BCUT2D eigenvalue weighted by molar-refractivity contribution is 7.17. The maximum absolute atomic E-state index is 13.0. The number of amides is 2. The number of nitrogens with one attached hydrogen (secondary N) is 2. The molecule has 1 heterocycles. The number of hydrogen-bond donors (Lipinski definition) is 2. The normalized spacial score (nSPS) is 13.4. The van der Waals surface area contributed by atoms with Gasteiger partial charge in [0.05, 0.1) is 5.56 Å². The molecule has 0 unspecified atom stereocenters. The zero-order valence-corrected chi connectivity index (χ0v) is 18.7. The molecule has 4 rings (SSSR count). The number of fused-ring (bicyclic) bond motifs is 1. The van der Waals surface area contributed by atoms with E-state index in [1.54, 1.807) is 30.4 Å². The second-order valence-corrected chi connectivity index (χ2v) is 9.11. The van der Waals surface area contributed by atoms with Crippen LogP contribution in [0.3, 0.4) is 0 Å². The maximum Gasteiger partial charge on any atom is 0.268 e. The predicted molar refractivity (Wildman–Crippen MR) is 127 cm³/mol. The van der Waals surface area contributed by atoms with Crippen molar-refractivity contribution in [2.75, 3.05) is 19.4 Å². The van der Waals surface area contributed by atoms with Gasteiger partial charge < -0.3 is 5.32 Å². The summed E-state index contributed by atoms with van der Waals surface area (Å²) in [5.41, 5.74) is 7.30. The van der Waals surface area contributed by atoms with E-state index in [4.69, 9.17) is 0 Å². The van der Waals surface area contributed by atoms with Crippen LogP contribution < -0.4 is 10.7 Å². The topological polar surface area (TPSA) is 61.4 Å². The Labute approximate surface area is 187 Å². The molecule has 0 atom stereocenters. The smallest absolute Gasteiger partial charge is 0.268 e. The fourth-order valence-electron chi connectivity index (χ4n) is 3.95. The van der Waals surface area contributed by atoms with Crippen molar-refractivity contribution in [1.82, 2.24) is 10.4 Å². The third-order valence-corrected chi connectivity index (χ3v) is 6.66. The van der Waals surface area contributed by atoms with Crippen LogP contribution in [-0.4, -0.2) is 30.9 Å². The van der Waals surface area contributed by atoms with Gasteiger partial charge in [0.2, 0.25) is 0 Å². The molecule has 2 aromatic carbocycles. The lowest BCUT2D eigenvalue weighted by molar-refractivity contribution is 0.0857. The van der Waals surface area contributed by atoms with Gasteiger partial charge in [-0.3, -0.25) is 15.0 Å². The highest BCUT2D eigenvalue weighted by Gasteiger charge is 2.26. The summed E-state index contributed by atoms with van der Waals surface area (Å²) in [6, 6.07) is 17.6. The van der Waals surface area contributed by atoms with E-state index < -0.39 is 0 Å². The first-order chi connectivity index (χ1) is 15.0. The first-order valence-corrected chi connectivity index (χ1v) is 11.4. The van der Waals surface area contributed by atoms with Gasteiger partial charge in [-0.2, -0.15) is 0 Å². The molecular formula is C25H27N3O2S. The number of anilines is 1. The second kappa shape index (κ2) is 9.45. The summed E-state index contributed by atoms with van der Waals surface area (Å²) < 4.78 is 0. The molecular weight excluding hydrogens is 406 g/mol.